The zero-order valence-electron chi connectivity index (χ0n) is 8.47. The molecule has 1 saturated carbocycles. The predicted molar refractivity (Wildman–Crippen MR) is 54.5 cm³/mol. The molecular formula is C8H14N4O2S. The van der Waals surface area contributed by atoms with Crippen LogP contribution in [0.4, 0.5) is 0 Å². The van der Waals surface area contributed by atoms with Gasteiger partial charge in [0.15, 0.2) is 5.03 Å². The van der Waals surface area contributed by atoms with Crippen molar-refractivity contribution in [2.75, 3.05) is 6.54 Å². The van der Waals surface area contributed by atoms with Crippen LogP contribution in [0, 0.1) is 0 Å². The Labute approximate surface area is 88.5 Å². The van der Waals surface area contributed by atoms with Gasteiger partial charge in [0, 0.05) is 25.3 Å². The first-order valence-corrected chi connectivity index (χ1v) is 6.18. The molecule has 0 unspecified atom stereocenters. The van der Waals surface area contributed by atoms with Gasteiger partial charge in [0.05, 0.1) is 6.33 Å². The standard InChI is InChI=1S/C8H14N4O2S/c1-12-4-7(10-6-12)15(13,14)11-8(5-9)2-3-8/h4,6,11H,2-3,5,9H2,1H3. The van der Waals surface area contributed by atoms with E-state index in [0.29, 0.717) is 6.54 Å². The molecule has 0 atom stereocenters. The molecule has 1 heterocycles. The average Bonchev–Trinajstić information content (AvgIpc) is 2.78. The molecule has 3 N–H and O–H groups in total. The maximum absolute atomic E-state index is 11.8. The molecule has 2 rings (SSSR count). The van der Waals surface area contributed by atoms with Crippen molar-refractivity contribution in [2.24, 2.45) is 12.8 Å². The van der Waals surface area contributed by atoms with Gasteiger partial charge in [0.1, 0.15) is 0 Å². The van der Waals surface area contributed by atoms with Crippen LogP contribution in [0.2, 0.25) is 0 Å². The fraction of sp³-hybridized carbons (Fsp3) is 0.625. The maximum atomic E-state index is 11.8. The highest BCUT2D eigenvalue weighted by atomic mass is 32.2. The number of aromatic nitrogens is 2. The highest BCUT2D eigenvalue weighted by Gasteiger charge is 2.45. The SMILES string of the molecule is Cn1cnc(S(=O)(=O)NC2(CN)CC2)c1. The Morgan fingerprint density at radius 3 is 2.73 bits per heavy atom. The van der Waals surface area contributed by atoms with E-state index in [-0.39, 0.29) is 5.03 Å². The van der Waals surface area contributed by atoms with Crippen molar-refractivity contribution < 1.29 is 8.42 Å². The lowest BCUT2D eigenvalue weighted by Gasteiger charge is -2.13. The molecule has 0 radical (unpaired) electrons. The molecule has 15 heavy (non-hydrogen) atoms. The number of aryl methyl sites for hydroxylation is 1. The van der Waals surface area contributed by atoms with Crippen LogP contribution < -0.4 is 10.5 Å². The van der Waals surface area contributed by atoms with Crippen molar-refractivity contribution in [3.63, 3.8) is 0 Å². The number of imidazole rings is 1. The summed E-state index contributed by atoms with van der Waals surface area (Å²) in [7, 11) is -1.78. The number of nitrogens with zero attached hydrogens (tertiary/aromatic N) is 2. The third kappa shape index (κ3) is 2.04. The summed E-state index contributed by atoms with van der Waals surface area (Å²) in [4.78, 5) is 3.81. The number of nitrogens with one attached hydrogen (secondary N) is 1. The molecule has 0 aliphatic heterocycles. The van der Waals surface area contributed by atoms with Crippen LogP contribution in [0.1, 0.15) is 12.8 Å². The summed E-state index contributed by atoms with van der Waals surface area (Å²) in [5, 5.41) is 0.0460. The van der Waals surface area contributed by atoms with E-state index in [9.17, 15) is 8.42 Å². The first-order valence-electron chi connectivity index (χ1n) is 4.69. The van der Waals surface area contributed by atoms with E-state index in [1.807, 2.05) is 0 Å². The van der Waals surface area contributed by atoms with E-state index in [2.05, 4.69) is 9.71 Å². The minimum absolute atomic E-state index is 0.0460. The minimum Gasteiger partial charge on any atom is -0.339 e. The Hall–Kier alpha value is -0.920. The fourth-order valence-corrected chi connectivity index (χ4v) is 2.82. The first kappa shape index (κ1) is 10.6. The summed E-state index contributed by atoms with van der Waals surface area (Å²) in [6, 6.07) is 0. The molecule has 0 saturated heterocycles. The normalized spacial score (nSPS) is 19.1. The van der Waals surface area contributed by atoms with Crippen LogP contribution in [-0.2, 0) is 17.1 Å². The zero-order chi connectivity index (χ0) is 11.1. The number of nitrogens with two attached hydrogens (primary N) is 1. The van der Waals surface area contributed by atoms with Gasteiger partial charge in [-0.3, -0.25) is 0 Å². The topological polar surface area (TPSA) is 90.0 Å². The van der Waals surface area contributed by atoms with Gasteiger partial charge in [-0.2, -0.15) is 0 Å². The third-order valence-electron chi connectivity index (χ3n) is 2.55. The third-order valence-corrected chi connectivity index (χ3v) is 4.01. The number of hydrogen-bond acceptors (Lipinski definition) is 4. The van der Waals surface area contributed by atoms with Gasteiger partial charge in [-0.1, -0.05) is 0 Å². The predicted octanol–water partition coefficient (Wildman–Crippen LogP) is -0.810. The van der Waals surface area contributed by atoms with Gasteiger partial charge in [-0.25, -0.2) is 18.1 Å². The van der Waals surface area contributed by atoms with Crippen LogP contribution in [0.25, 0.3) is 0 Å². The zero-order valence-corrected chi connectivity index (χ0v) is 9.29. The first-order chi connectivity index (χ1) is 6.97. The van der Waals surface area contributed by atoms with Crippen LogP contribution in [-0.4, -0.2) is 30.1 Å². The highest BCUT2D eigenvalue weighted by Crippen LogP contribution is 2.35. The van der Waals surface area contributed by atoms with Gasteiger partial charge < -0.3 is 10.3 Å². The second kappa shape index (κ2) is 3.29. The lowest BCUT2D eigenvalue weighted by atomic mass is 10.3. The van der Waals surface area contributed by atoms with Crippen LogP contribution >= 0.6 is 0 Å². The molecule has 0 aromatic carbocycles. The van der Waals surface area contributed by atoms with Crippen molar-refractivity contribution in [1.82, 2.24) is 14.3 Å². The lowest BCUT2D eigenvalue weighted by Crippen LogP contribution is -2.42. The monoisotopic (exact) mass is 230 g/mol. The molecular weight excluding hydrogens is 216 g/mol. The Kier molecular flexibility index (Phi) is 2.32. The fourth-order valence-electron chi connectivity index (χ4n) is 1.36. The van der Waals surface area contributed by atoms with Crippen molar-refractivity contribution in [3.05, 3.63) is 12.5 Å². The minimum atomic E-state index is -3.51. The van der Waals surface area contributed by atoms with Crippen molar-refractivity contribution >= 4 is 10.0 Å². The highest BCUT2D eigenvalue weighted by molar-refractivity contribution is 7.89. The summed E-state index contributed by atoms with van der Waals surface area (Å²) in [6.07, 6.45) is 4.52. The summed E-state index contributed by atoms with van der Waals surface area (Å²) < 4.78 is 27.8. The smallest absolute Gasteiger partial charge is 0.260 e. The van der Waals surface area contributed by atoms with E-state index < -0.39 is 15.6 Å². The summed E-state index contributed by atoms with van der Waals surface area (Å²) in [5.41, 5.74) is 5.09. The maximum Gasteiger partial charge on any atom is 0.260 e. The van der Waals surface area contributed by atoms with Crippen LogP contribution in [0.3, 0.4) is 0 Å². The molecule has 1 aromatic rings. The van der Waals surface area contributed by atoms with Crippen LogP contribution in [0.5, 0.6) is 0 Å². The molecule has 1 aromatic heterocycles. The number of hydrogen-bond donors (Lipinski definition) is 2. The van der Waals surface area contributed by atoms with Crippen molar-refractivity contribution in [1.29, 1.82) is 0 Å². The van der Waals surface area contributed by atoms with Crippen molar-refractivity contribution in [3.8, 4) is 0 Å². The molecule has 0 bridgehead atoms. The average molecular weight is 230 g/mol. The van der Waals surface area contributed by atoms with E-state index in [1.54, 1.807) is 11.6 Å². The van der Waals surface area contributed by atoms with Crippen molar-refractivity contribution in [2.45, 2.75) is 23.4 Å². The molecule has 1 aliphatic carbocycles. The summed E-state index contributed by atoms with van der Waals surface area (Å²) in [6.45, 7) is 0.332. The molecule has 0 spiro atoms. The molecule has 0 amide bonds. The van der Waals surface area contributed by atoms with Crippen LogP contribution in [0.15, 0.2) is 17.6 Å². The second-order valence-corrected chi connectivity index (χ2v) is 5.60. The summed E-state index contributed by atoms with van der Waals surface area (Å²) in [5.74, 6) is 0. The molecule has 1 fully saturated rings. The second-order valence-electron chi connectivity index (χ2n) is 3.97. The van der Waals surface area contributed by atoms with E-state index in [1.165, 1.54) is 12.5 Å². The Morgan fingerprint density at radius 1 is 1.67 bits per heavy atom. The number of rotatable bonds is 4. The van der Waals surface area contributed by atoms with E-state index in [4.69, 9.17) is 5.73 Å². The Bertz CT molecular complexity index is 461. The number of sulfonamides is 1. The molecule has 7 heteroatoms. The van der Waals surface area contributed by atoms with Gasteiger partial charge in [-0.15, -0.1) is 0 Å². The summed E-state index contributed by atoms with van der Waals surface area (Å²) >= 11 is 0. The molecule has 6 nitrogen and oxygen atoms in total. The van der Waals surface area contributed by atoms with Gasteiger partial charge in [-0.05, 0) is 12.8 Å². The Morgan fingerprint density at radius 2 is 2.33 bits per heavy atom. The van der Waals surface area contributed by atoms with Gasteiger partial charge in [0.2, 0.25) is 0 Å². The largest absolute Gasteiger partial charge is 0.339 e. The van der Waals surface area contributed by atoms with E-state index in [0.717, 1.165) is 12.8 Å². The van der Waals surface area contributed by atoms with E-state index >= 15 is 0 Å². The lowest BCUT2D eigenvalue weighted by molar-refractivity contribution is 0.542. The quantitative estimate of drug-likeness (QED) is 0.708. The van der Waals surface area contributed by atoms with Gasteiger partial charge >= 0.3 is 0 Å². The molecule has 1 aliphatic rings. The van der Waals surface area contributed by atoms with Gasteiger partial charge in [0.25, 0.3) is 10.0 Å². The Balaban J connectivity index is 2.21. The molecule has 84 valence electrons.